The number of aryl methyl sites for hydroxylation is 2. The van der Waals surface area contributed by atoms with E-state index in [1.807, 2.05) is 31.8 Å². The summed E-state index contributed by atoms with van der Waals surface area (Å²) in [6.07, 6.45) is 3.38. The minimum absolute atomic E-state index is 0.218. The van der Waals surface area contributed by atoms with Crippen LogP contribution < -0.4 is 0 Å². The van der Waals surface area contributed by atoms with Crippen molar-refractivity contribution in [3.05, 3.63) is 17.5 Å². The third-order valence-corrected chi connectivity index (χ3v) is 2.17. The van der Waals surface area contributed by atoms with Crippen molar-refractivity contribution in [3.63, 3.8) is 0 Å². The molecule has 0 saturated heterocycles. The van der Waals surface area contributed by atoms with Crippen molar-refractivity contribution in [3.8, 4) is 0 Å². The Bertz CT molecular complexity index is 253. The van der Waals surface area contributed by atoms with Crippen LogP contribution in [0.4, 0.5) is 0 Å². The average Bonchev–Trinajstić information content (AvgIpc) is 2.30. The number of hydrogen-bond acceptors (Lipinski definition) is 2. The molecule has 0 aromatic carbocycles. The molecule has 1 aromatic rings. The molecule has 0 saturated carbocycles. The lowest BCUT2D eigenvalue weighted by Crippen LogP contribution is -2.02. The summed E-state index contributed by atoms with van der Waals surface area (Å²) in [5.41, 5.74) is 2.43. The molecule has 0 aliphatic carbocycles. The van der Waals surface area contributed by atoms with Crippen LogP contribution >= 0.6 is 0 Å². The molecular weight excluding hydrogens is 152 g/mol. The van der Waals surface area contributed by atoms with Gasteiger partial charge in [-0.1, -0.05) is 0 Å². The molecule has 3 nitrogen and oxygen atoms in total. The molecule has 0 fully saturated rings. The van der Waals surface area contributed by atoms with Crippen molar-refractivity contribution in [2.45, 2.75) is 32.8 Å². The summed E-state index contributed by atoms with van der Waals surface area (Å²) in [4.78, 5) is 0. The molecule has 0 amide bonds. The molecule has 3 heteroatoms. The molecular formula is C9H16N2O. The van der Waals surface area contributed by atoms with Crippen LogP contribution in [0.3, 0.4) is 0 Å². The van der Waals surface area contributed by atoms with Gasteiger partial charge in [-0.25, -0.2) is 0 Å². The van der Waals surface area contributed by atoms with Gasteiger partial charge >= 0.3 is 0 Å². The second-order valence-electron chi connectivity index (χ2n) is 3.27. The van der Waals surface area contributed by atoms with Crippen molar-refractivity contribution in [2.75, 3.05) is 0 Å². The number of aromatic nitrogens is 2. The highest BCUT2D eigenvalue weighted by molar-refractivity contribution is 5.15. The second-order valence-corrected chi connectivity index (χ2v) is 3.27. The van der Waals surface area contributed by atoms with Gasteiger partial charge in [-0.3, -0.25) is 4.68 Å². The van der Waals surface area contributed by atoms with Gasteiger partial charge in [0.25, 0.3) is 0 Å². The molecule has 1 atom stereocenters. The lowest BCUT2D eigenvalue weighted by atomic mass is 10.1. The summed E-state index contributed by atoms with van der Waals surface area (Å²) in [7, 11) is 1.93. The topological polar surface area (TPSA) is 38.1 Å². The van der Waals surface area contributed by atoms with Crippen molar-refractivity contribution in [1.82, 2.24) is 9.78 Å². The number of aliphatic hydroxyl groups is 1. The Labute approximate surface area is 73.0 Å². The Balaban J connectivity index is 2.58. The van der Waals surface area contributed by atoms with Gasteiger partial charge in [0.15, 0.2) is 0 Å². The Morgan fingerprint density at radius 3 is 2.75 bits per heavy atom. The van der Waals surface area contributed by atoms with Crippen LogP contribution in [-0.4, -0.2) is 21.0 Å². The highest BCUT2D eigenvalue weighted by Gasteiger charge is 2.04. The fourth-order valence-corrected chi connectivity index (χ4v) is 1.15. The number of nitrogens with zero attached hydrogens (tertiary/aromatic N) is 2. The molecule has 0 radical (unpaired) electrons. The van der Waals surface area contributed by atoms with Crippen molar-refractivity contribution >= 4 is 0 Å². The van der Waals surface area contributed by atoms with Gasteiger partial charge in [-0.2, -0.15) is 5.10 Å². The summed E-state index contributed by atoms with van der Waals surface area (Å²) in [6, 6.07) is 0. The minimum atomic E-state index is -0.218. The first-order valence-electron chi connectivity index (χ1n) is 4.27. The summed E-state index contributed by atoms with van der Waals surface area (Å²) < 4.78 is 1.86. The van der Waals surface area contributed by atoms with Crippen molar-refractivity contribution in [2.24, 2.45) is 7.05 Å². The second kappa shape index (κ2) is 3.72. The zero-order valence-electron chi connectivity index (χ0n) is 7.91. The lowest BCUT2D eigenvalue weighted by Gasteiger charge is -2.02. The van der Waals surface area contributed by atoms with E-state index in [-0.39, 0.29) is 6.10 Å². The fraction of sp³-hybridized carbons (Fsp3) is 0.667. The van der Waals surface area contributed by atoms with Gasteiger partial charge < -0.3 is 5.11 Å². The van der Waals surface area contributed by atoms with Gasteiger partial charge in [0.1, 0.15) is 0 Å². The predicted octanol–water partition coefficient (Wildman–Crippen LogP) is 1.04. The van der Waals surface area contributed by atoms with Crippen LogP contribution in [0, 0.1) is 6.92 Å². The SMILES string of the molecule is Cc1c(CC[C@H](C)O)cnn1C. The minimum Gasteiger partial charge on any atom is -0.393 e. The van der Waals surface area contributed by atoms with Crippen LogP contribution in [0.2, 0.25) is 0 Å². The summed E-state index contributed by atoms with van der Waals surface area (Å²) in [5.74, 6) is 0. The molecule has 0 unspecified atom stereocenters. The Kier molecular flexibility index (Phi) is 2.87. The predicted molar refractivity (Wildman–Crippen MR) is 47.9 cm³/mol. The first kappa shape index (κ1) is 9.26. The zero-order chi connectivity index (χ0) is 9.14. The maximum Gasteiger partial charge on any atom is 0.0524 e. The summed E-state index contributed by atoms with van der Waals surface area (Å²) >= 11 is 0. The maximum absolute atomic E-state index is 9.08. The number of hydrogen-bond donors (Lipinski definition) is 1. The van der Waals surface area contributed by atoms with Crippen LogP contribution in [0.5, 0.6) is 0 Å². The largest absolute Gasteiger partial charge is 0.393 e. The van der Waals surface area contributed by atoms with Gasteiger partial charge in [0, 0.05) is 12.7 Å². The van der Waals surface area contributed by atoms with Gasteiger partial charge in [-0.15, -0.1) is 0 Å². The van der Waals surface area contributed by atoms with Crippen molar-refractivity contribution in [1.29, 1.82) is 0 Å². The number of rotatable bonds is 3. The molecule has 68 valence electrons. The highest BCUT2D eigenvalue weighted by atomic mass is 16.3. The van der Waals surface area contributed by atoms with Crippen LogP contribution in [0.1, 0.15) is 24.6 Å². The first-order valence-corrected chi connectivity index (χ1v) is 4.27. The van der Waals surface area contributed by atoms with E-state index in [2.05, 4.69) is 5.10 Å². The Morgan fingerprint density at radius 2 is 2.33 bits per heavy atom. The van der Waals surface area contributed by atoms with Gasteiger partial charge in [-0.05, 0) is 32.3 Å². The molecule has 0 bridgehead atoms. The normalized spacial score (nSPS) is 13.3. The first-order chi connectivity index (χ1) is 5.61. The van der Waals surface area contributed by atoms with E-state index in [9.17, 15) is 0 Å². The highest BCUT2D eigenvalue weighted by Crippen LogP contribution is 2.09. The standard InChI is InChI=1S/C9H16N2O/c1-7(12)4-5-9-6-10-11(3)8(9)2/h6-7,12H,4-5H2,1-3H3/t7-/m0/s1. The van der Waals surface area contributed by atoms with Crippen molar-refractivity contribution < 1.29 is 5.11 Å². The molecule has 1 rings (SSSR count). The molecule has 0 aliphatic rings. The summed E-state index contributed by atoms with van der Waals surface area (Å²) in [5, 5.41) is 13.2. The Morgan fingerprint density at radius 1 is 1.67 bits per heavy atom. The molecule has 1 heterocycles. The maximum atomic E-state index is 9.08. The van der Waals surface area contributed by atoms with Gasteiger partial charge in [0.05, 0.1) is 12.3 Å². The van der Waals surface area contributed by atoms with E-state index in [0.29, 0.717) is 0 Å². The van der Waals surface area contributed by atoms with Crippen LogP contribution in [0.25, 0.3) is 0 Å². The van der Waals surface area contributed by atoms with Gasteiger partial charge in [0.2, 0.25) is 0 Å². The molecule has 12 heavy (non-hydrogen) atoms. The van der Waals surface area contributed by atoms with E-state index in [1.54, 1.807) is 0 Å². The molecule has 1 N–H and O–H groups in total. The monoisotopic (exact) mass is 168 g/mol. The van der Waals surface area contributed by atoms with Crippen LogP contribution in [0.15, 0.2) is 6.20 Å². The molecule has 0 aliphatic heterocycles. The van der Waals surface area contributed by atoms with E-state index in [0.717, 1.165) is 12.8 Å². The van der Waals surface area contributed by atoms with E-state index < -0.39 is 0 Å². The molecule has 0 spiro atoms. The van der Waals surface area contributed by atoms with Crippen LogP contribution in [-0.2, 0) is 13.5 Å². The average molecular weight is 168 g/mol. The zero-order valence-corrected chi connectivity index (χ0v) is 7.91. The van der Waals surface area contributed by atoms with E-state index >= 15 is 0 Å². The van der Waals surface area contributed by atoms with E-state index in [4.69, 9.17) is 5.11 Å². The third-order valence-electron chi connectivity index (χ3n) is 2.17. The number of aliphatic hydroxyl groups excluding tert-OH is 1. The third kappa shape index (κ3) is 2.08. The lowest BCUT2D eigenvalue weighted by molar-refractivity contribution is 0.185. The summed E-state index contributed by atoms with van der Waals surface area (Å²) in [6.45, 7) is 3.86. The van der Waals surface area contributed by atoms with E-state index in [1.165, 1.54) is 11.3 Å². The fourth-order valence-electron chi connectivity index (χ4n) is 1.15. The molecule has 1 aromatic heterocycles. The quantitative estimate of drug-likeness (QED) is 0.732. The Hall–Kier alpha value is -0.830. The smallest absolute Gasteiger partial charge is 0.0524 e.